The highest BCUT2D eigenvalue weighted by molar-refractivity contribution is 5.36. The number of rotatable bonds is 6. The first kappa shape index (κ1) is 16.9. The van der Waals surface area contributed by atoms with Crippen LogP contribution in [0.25, 0.3) is 5.69 Å². The molecule has 0 amide bonds. The van der Waals surface area contributed by atoms with E-state index in [9.17, 15) is 0 Å². The van der Waals surface area contributed by atoms with Crippen LogP contribution in [0.4, 0.5) is 0 Å². The lowest BCUT2D eigenvalue weighted by atomic mass is 10.0. The minimum Gasteiger partial charge on any atom is -0.366 e. The first-order chi connectivity index (χ1) is 12.6. The average molecular weight is 353 g/mol. The van der Waals surface area contributed by atoms with Crippen LogP contribution in [0.1, 0.15) is 36.1 Å². The molecule has 1 aliphatic rings. The smallest absolute Gasteiger partial charge is 0.252 e. The second kappa shape index (κ2) is 7.01. The van der Waals surface area contributed by atoms with Gasteiger partial charge in [0.25, 0.3) is 5.89 Å². The first-order valence-corrected chi connectivity index (χ1v) is 8.85. The van der Waals surface area contributed by atoms with E-state index in [1.165, 1.54) is 5.56 Å². The van der Waals surface area contributed by atoms with E-state index in [0.29, 0.717) is 24.4 Å². The number of imidazole rings is 1. The summed E-state index contributed by atoms with van der Waals surface area (Å²) in [5.74, 6) is 2.17. The number of hydrogen-bond donors (Lipinski definition) is 0. The van der Waals surface area contributed by atoms with Crippen LogP contribution >= 0.6 is 0 Å². The van der Waals surface area contributed by atoms with Crippen LogP contribution in [0.3, 0.4) is 0 Å². The molecule has 1 saturated heterocycles. The highest BCUT2D eigenvalue weighted by Gasteiger charge is 2.31. The van der Waals surface area contributed by atoms with E-state index >= 15 is 0 Å². The number of aryl methyl sites for hydroxylation is 2. The van der Waals surface area contributed by atoms with Gasteiger partial charge in [-0.1, -0.05) is 17.3 Å². The van der Waals surface area contributed by atoms with Crippen molar-refractivity contribution in [2.75, 3.05) is 13.1 Å². The van der Waals surface area contributed by atoms with Gasteiger partial charge >= 0.3 is 0 Å². The van der Waals surface area contributed by atoms with Crippen molar-refractivity contribution in [3.63, 3.8) is 0 Å². The van der Waals surface area contributed by atoms with E-state index in [0.717, 1.165) is 24.6 Å². The maximum absolute atomic E-state index is 5.83. The van der Waals surface area contributed by atoms with E-state index in [2.05, 4.69) is 55.8 Å². The Kier molecular flexibility index (Phi) is 4.57. The van der Waals surface area contributed by atoms with Gasteiger partial charge in [-0.05, 0) is 38.5 Å². The average Bonchev–Trinajstić information content (AvgIpc) is 3.21. The maximum Gasteiger partial charge on any atom is 0.252 e. The molecule has 7 nitrogen and oxygen atoms in total. The predicted molar refractivity (Wildman–Crippen MR) is 95.9 cm³/mol. The summed E-state index contributed by atoms with van der Waals surface area (Å²) in [7, 11) is 0. The van der Waals surface area contributed by atoms with Crippen LogP contribution in [-0.4, -0.2) is 43.8 Å². The van der Waals surface area contributed by atoms with Gasteiger partial charge in [-0.3, -0.25) is 4.90 Å². The summed E-state index contributed by atoms with van der Waals surface area (Å²) >= 11 is 0. The summed E-state index contributed by atoms with van der Waals surface area (Å²) in [6.45, 7) is 8.25. The Labute approximate surface area is 152 Å². The third-order valence-corrected chi connectivity index (χ3v) is 4.92. The fourth-order valence-corrected chi connectivity index (χ4v) is 3.25. The van der Waals surface area contributed by atoms with Gasteiger partial charge in [0.2, 0.25) is 0 Å². The second-order valence-corrected chi connectivity index (χ2v) is 6.73. The Hall–Kier alpha value is -2.51. The zero-order valence-corrected chi connectivity index (χ0v) is 15.3. The fraction of sp³-hybridized carbons (Fsp3) is 0.421. The van der Waals surface area contributed by atoms with Crippen LogP contribution in [0, 0.1) is 13.8 Å². The largest absolute Gasteiger partial charge is 0.366 e. The van der Waals surface area contributed by atoms with Crippen molar-refractivity contribution in [1.29, 1.82) is 0 Å². The van der Waals surface area contributed by atoms with Gasteiger partial charge in [-0.2, -0.15) is 4.98 Å². The molecule has 4 rings (SSSR count). The molecule has 0 N–H and O–H groups in total. The first-order valence-electron chi connectivity index (χ1n) is 8.85. The number of aromatic nitrogens is 4. The molecule has 1 unspecified atom stereocenters. The monoisotopic (exact) mass is 353 g/mol. The molecule has 2 aromatic heterocycles. The molecule has 1 fully saturated rings. The van der Waals surface area contributed by atoms with E-state index in [1.807, 2.05) is 19.3 Å². The SMILES string of the molecule is Cc1noc(COC2CN(C(C)c3ccc(-n4ccnc4C)cc3)C2)n1. The molecule has 1 aliphatic heterocycles. The van der Waals surface area contributed by atoms with E-state index in [-0.39, 0.29) is 6.10 Å². The Morgan fingerprint density at radius 1 is 1.23 bits per heavy atom. The maximum atomic E-state index is 5.83. The zero-order valence-electron chi connectivity index (χ0n) is 15.3. The second-order valence-electron chi connectivity index (χ2n) is 6.73. The van der Waals surface area contributed by atoms with Crippen LogP contribution in [0.2, 0.25) is 0 Å². The molecule has 0 radical (unpaired) electrons. The van der Waals surface area contributed by atoms with Gasteiger partial charge < -0.3 is 13.8 Å². The quantitative estimate of drug-likeness (QED) is 0.679. The predicted octanol–water partition coefficient (Wildman–Crippen LogP) is 2.83. The van der Waals surface area contributed by atoms with Gasteiger partial charge in [0, 0.05) is 37.2 Å². The summed E-state index contributed by atoms with van der Waals surface area (Å²) < 4.78 is 13.0. The molecule has 0 spiro atoms. The molecule has 3 heterocycles. The van der Waals surface area contributed by atoms with Crippen molar-refractivity contribution >= 4 is 0 Å². The van der Waals surface area contributed by atoms with Crippen LogP contribution in [0.15, 0.2) is 41.2 Å². The fourth-order valence-electron chi connectivity index (χ4n) is 3.25. The summed E-state index contributed by atoms with van der Waals surface area (Å²) in [6.07, 6.45) is 4.02. The molecule has 0 saturated carbocycles. The molecule has 0 aliphatic carbocycles. The lowest BCUT2D eigenvalue weighted by Gasteiger charge is -2.42. The topological polar surface area (TPSA) is 69.2 Å². The van der Waals surface area contributed by atoms with Crippen molar-refractivity contribution < 1.29 is 9.26 Å². The highest BCUT2D eigenvalue weighted by Crippen LogP contribution is 2.27. The number of nitrogens with zero attached hydrogens (tertiary/aromatic N) is 5. The standard InChI is InChI=1S/C19H23N5O2/c1-13(16-4-6-17(7-5-16)24-9-8-20-15(24)3)23-10-18(11-23)25-12-19-21-14(2)22-26-19/h4-9,13,18H,10-12H2,1-3H3. The van der Waals surface area contributed by atoms with Crippen molar-refractivity contribution in [2.24, 2.45) is 0 Å². The molecular formula is C19H23N5O2. The van der Waals surface area contributed by atoms with Gasteiger partial charge in [0.1, 0.15) is 12.4 Å². The van der Waals surface area contributed by atoms with E-state index in [1.54, 1.807) is 6.92 Å². The lowest BCUT2D eigenvalue weighted by molar-refractivity contribution is -0.0828. The summed E-state index contributed by atoms with van der Waals surface area (Å²) in [5, 5.41) is 3.77. The molecule has 3 aromatic rings. The number of ether oxygens (including phenoxy) is 1. The van der Waals surface area contributed by atoms with Crippen LogP contribution in [-0.2, 0) is 11.3 Å². The molecule has 1 atom stereocenters. The third kappa shape index (κ3) is 3.40. The van der Waals surface area contributed by atoms with Gasteiger partial charge in [0.15, 0.2) is 5.82 Å². The highest BCUT2D eigenvalue weighted by atomic mass is 16.5. The summed E-state index contributed by atoms with van der Waals surface area (Å²) in [5.41, 5.74) is 2.44. The van der Waals surface area contributed by atoms with E-state index < -0.39 is 0 Å². The Morgan fingerprint density at radius 3 is 2.62 bits per heavy atom. The van der Waals surface area contributed by atoms with Gasteiger partial charge in [0.05, 0.1) is 6.10 Å². The zero-order chi connectivity index (χ0) is 18.1. The molecule has 0 bridgehead atoms. The normalized spacial score (nSPS) is 16.6. The third-order valence-electron chi connectivity index (χ3n) is 4.92. The molecule has 7 heteroatoms. The Balaban J connectivity index is 1.30. The molecule has 136 valence electrons. The van der Waals surface area contributed by atoms with Gasteiger partial charge in [-0.25, -0.2) is 4.98 Å². The number of likely N-dealkylation sites (tertiary alicyclic amines) is 1. The van der Waals surface area contributed by atoms with E-state index in [4.69, 9.17) is 9.26 Å². The minimum absolute atomic E-state index is 0.220. The summed E-state index contributed by atoms with van der Waals surface area (Å²) in [4.78, 5) is 10.8. The van der Waals surface area contributed by atoms with Crippen molar-refractivity contribution in [1.82, 2.24) is 24.6 Å². The van der Waals surface area contributed by atoms with Gasteiger partial charge in [-0.15, -0.1) is 0 Å². The number of hydrogen-bond acceptors (Lipinski definition) is 6. The number of benzene rings is 1. The minimum atomic E-state index is 0.220. The van der Waals surface area contributed by atoms with Crippen molar-refractivity contribution in [2.45, 2.75) is 39.5 Å². The molecular weight excluding hydrogens is 330 g/mol. The Morgan fingerprint density at radius 2 is 2.00 bits per heavy atom. The molecule has 26 heavy (non-hydrogen) atoms. The Bertz CT molecular complexity index is 864. The lowest BCUT2D eigenvalue weighted by Crippen LogP contribution is -2.52. The van der Waals surface area contributed by atoms with Crippen molar-refractivity contribution in [3.05, 3.63) is 59.8 Å². The van der Waals surface area contributed by atoms with Crippen LogP contribution < -0.4 is 0 Å². The summed E-state index contributed by atoms with van der Waals surface area (Å²) in [6, 6.07) is 9.03. The molecule has 1 aromatic carbocycles. The van der Waals surface area contributed by atoms with Crippen LogP contribution in [0.5, 0.6) is 0 Å². The van der Waals surface area contributed by atoms with Crippen molar-refractivity contribution in [3.8, 4) is 5.69 Å².